The number of carboxylic acid groups (broad SMARTS) is 1. The van der Waals surface area contributed by atoms with Crippen LogP contribution in [0.2, 0.25) is 0 Å². The number of aromatic nitrogens is 1. The summed E-state index contributed by atoms with van der Waals surface area (Å²) in [7, 11) is -4.02. The second-order valence-electron chi connectivity index (χ2n) is 6.68. The van der Waals surface area contributed by atoms with Gasteiger partial charge in [-0.2, -0.15) is 0 Å². The van der Waals surface area contributed by atoms with Gasteiger partial charge in [0.1, 0.15) is 18.8 Å². The number of esters is 1. The lowest BCUT2D eigenvalue weighted by molar-refractivity contribution is -0.142. The second-order valence-corrected chi connectivity index (χ2v) is 8.74. The number of carboxylic acids is 1. The molecule has 0 aliphatic carbocycles. The maximum absolute atomic E-state index is 12.8. The zero-order chi connectivity index (χ0) is 23.5. The summed E-state index contributed by atoms with van der Waals surface area (Å²) in [5.74, 6) is -3.78. The first-order valence-corrected chi connectivity index (χ1v) is 11.1. The van der Waals surface area contributed by atoms with Gasteiger partial charge in [0.05, 0.1) is 23.6 Å². The molecule has 1 atom stereocenters. The van der Waals surface area contributed by atoms with E-state index >= 15 is 0 Å². The zero-order valence-corrected chi connectivity index (χ0v) is 17.6. The Morgan fingerprint density at radius 1 is 1.31 bits per heavy atom. The molecule has 0 spiro atoms. The highest BCUT2D eigenvalue weighted by atomic mass is 32.2. The summed E-state index contributed by atoms with van der Waals surface area (Å²) in [5.41, 5.74) is -0.593. The number of hydrogen-bond donors (Lipinski definition) is 2. The Balaban J connectivity index is 1.81. The van der Waals surface area contributed by atoms with Gasteiger partial charge in [-0.15, -0.1) is 0 Å². The van der Waals surface area contributed by atoms with Gasteiger partial charge >= 0.3 is 18.0 Å². The van der Waals surface area contributed by atoms with Crippen molar-refractivity contribution < 1.29 is 42.2 Å². The summed E-state index contributed by atoms with van der Waals surface area (Å²) < 4.78 is 35.1. The first-order chi connectivity index (χ1) is 15.2. The van der Waals surface area contributed by atoms with Crippen LogP contribution in [-0.2, 0) is 33.7 Å². The van der Waals surface area contributed by atoms with Crippen molar-refractivity contribution in [3.8, 4) is 0 Å². The van der Waals surface area contributed by atoms with Gasteiger partial charge in [0, 0.05) is 11.8 Å². The van der Waals surface area contributed by atoms with Crippen LogP contribution in [0.5, 0.6) is 0 Å². The number of rotatable bonds is 7. The average Bonchev–Trinajstić information content (AvgIpc) is 2.74. The largest absolute Gasteiger partial charge is 0.477 e. The minimum Gasteiger partial charge on any atom is -0.477 e. The lowest BCUT2D eigenvalue weighted by atomic mass is 10.0. The lowest BCUT2D eigenvalue weighted by Crippen LogP contribution is -2.62. The Hall–Kier alpha value is -3.74. The van der Waals surface area contributed by atoms with E-state index in [4.69, 9.17) is 4.74 Å². The van der Waals surface area contributed by atoms with E-state index in [1.54, 1.807) is 25.1 Å². The number of nitrogens with zero attached hydrogens (tertiary/aromatic N) is 2. The van der Waals surface area contributed by atoms with Gasteiger partial charge in [-0.05, 0) is 25.1 Å². The van der Waals surface area contributed by atoms with Crippen molar-refractivity contribution >= 4 is 39.9 Å². The number of alkyl carbamates (subject to hydrolysis) is 1. The Morgan fingerprint density at radius 2 is 2.06 bits per heavy atom. The Morgan fingerprint density at radius 3 is 2.69 bits per heavy atom. The summed E-state index contributed by atoms with van der Waals surface area (Å²) >= 11 is 0. The molecule has 1 aromatic heterocycles. The first kappa shape index (κ1) is 22.9. The van der Waals surface area contributed by atoms with Crippen LogP contribution < -0.4 is 5.32 Å². The maximum atomic E-state index is 12.8. The van der Waals surface area contributed by atoms with E-state index < -0.39 is 63.8 Å². The average molecular weight is 465 g/mol. The molecule has 1 aromatic rings. The van der Waals surface area contributed by atoms with Crippen LogP contribution in [0.25, 0.3) is 6.08 Å². The molecule has 3 heterocycles. The van der Waals surface area contributed by atoms with E-state index in [2.05, 4.69) is 15.0 Å². The minimum absolute atomic E-state index is 0.102. The molecule has 0 radical (unpaired) electrons. The Labute approximate surface area is 182 Å². The third-order valence-corrected chi connectivity index (χ3v) is 6.41. The van der Waals surface area contributed by atoms with Gasteiger partial charge in [0.2, 0.25) is 0 Å². The fraction of sp³-hybridized carbons (Fsp3) is 0.316. The Kier molecular flexibility index (Phi) is 6.58. The summed E-state index contributed by atoms with van der Waals surface area (Å²) in [6, 6.07) is 4.87. The van der Waals surface area contributed by atoms with Crippen LogP contribution in [0.3, 0.4) is 0 Å². The highest BCUT2D eigenvalue weighted by Gasteiger charge is 2.56. The number of amides is 2. The number of carbonyl (C=O) groups is 4. The van der Waals surface area contributed by atoms with Crippen molar-refractivity contribution in [3.63, 3.8) is 0 Å². The van der Waals surface area contributed by atoms with Crippen molar-refractivity contribution in [1.29, 1.82) is 0 Å². The van der Waals surface area contributed by atoms with Crippen LogP contribution in [-0.4, -0.2) is 78.2 Å². The molecule has 0 unspecified atom stereocenters. The van der Waals surface area contributed by atoms with Gasteiger partial charge < -0.3 is 19.9 Å². The third-order valence-electron chi connectivity index (χ3n) is 4.51. The predicted octanol–water partition coefficient (Wildman–Crippen LogP) is -0.310. The summed E-state index contributed by atoms with van der Waals surface area (Å²) in [4.78, 5) is 52.1. The van der Waals surface area contributed by atoms with Gasteiger partial charge in [0.15, 0.2) is 15.2 Å². The van der Waals surface area contributed by atoms with Gasteiger partial charge in [0.25, 0.3) is 5.91 Å². The summed E-state index contributed by atoms with van der Waals surface area (Å²) in [5, 5.41) is 10.2. The molecule has 3 rings (SSSR count). The zero-order valence-electron chi connectivity index (χ0n) is 16.8. The standard InChI is InChI=1S/C19H19N3O9S/c1-2-30-14(23)8-21-19(27)31-9-11-10-32(28,29)17-13(7-12-5-3-4-6-20-12)16(24)22(17)15(11)18(25)26/h3-7,17H,2,8-10H2,1H3,(H,21,27)(H,25,26)/b13-7-/t17-/m1/s1. The monoisotopic (exact) mass is 465 g/mol. The van der Waals surface area contributed by atoms with Crippen LogP contribution in [0, 0.1) is 0 Å². The highest BCUT2D eigenvalue weighted by molar-refractivity contribution is 7.92. The molecule has 170 valence electrons. The summed E-state index contributed by atoms with van der Waals surface area (Å²) in [6.45, 7) is 0.514. The molecular formula is C19H19N3O9S. The van der Waals surface area contributed by atoms with Crippen LogP contribution in [0.1, 0.15) is 12.6 Å². The van der Waals surface area contributed by atoms with Crippen molar-refractivity contribution in [1.82, 2.24) is 15.2 Å². The SMILES string of the molecule is CCOC(=O)CNC(=O)OCC1=C(C(=O)O)N2C(=O)/C(=C/c3ccccn3)[C@H]2S(=O)(=O)C1. The fourth-order valence-electron chi connectivity index (χ4n) is 3.24. The number of nitrogens with one attached hydrogen (secondary N) is 1. The van der Waals surface area contributed by atoms with E-state index in [-0.39, 0.29) is 17.8 Å². The molecule has 13 heteroatoms. The smallest absolute Gasteiger partial charge is 0.407 e. The molecule has 2 amide bonds. The lowest BCUT2D eigenvalue weighted by Gasteiger charge is -2.45. The fourth-order valence-corrected chi connectivity index (χ4v) is 5.18. The van der Waals surface area contributed by atoms with E-state index in [0.29, 0.717) is 10.6 Å². The van der Waals surface area contributed by atoms with Crippen molar-refractivity contribution in [3.05, 3.63) is 46.9 Å². The Bertz CT molecular complexity index is 1130. The molecular weight excluding hydrogens is 446 g/mol. The van der Waals surface area contributed by atoms with Crippen molar-refractivity contribution in [2.75, 3.05) is 25.5 Å². The number of ether oxygens (including phenoxy) is 2. The second kappa shape index (κ2) is 9.18. The minimum atomic E-state index is -4.02. The molecule has 12 nitrogen and oxygen atoms in total. The number of fused-ring (bicyclic) bond motifs is 1. The van der Waals surface area contributed by atoms with Gasteiger partial charge in [-0.1, -0.05) is 6.07 Å². The number of β-lactam (4-membered cyclic amide) rings is 1. The molecule has 0 saturated carbocycles. The number of aliphatic carboxylic acids is 1. The number of pyridine rings is 1. The topological polar surface area (TPSA) is 169 Å². The first-order valence-electron chi connectivity index (χ1n) is 9.35. The van der Waals surface area contributed by atoms with E-state index in [1.165, 1.54) is 12.3 Å². The van der Waals surface area contributed by atoms with Crippen LogP contribution >= 0.6 is 0 Å². The van der Waals surface area contributed by atoms with Crippen molar-refractivity contribution in [2.24, 2.45) is 0 Å². The third kappa shape index (κ3) is 4.61. The molecule has 2 N–H and O–H groups in total. The van der Waals surface area contributed by atoms with E-state index in [1.807, 2.05) is 0 Å². The molecule has 32 heavy (non-hydrogen) atoms. The molecule has 1 saturated heterocycles. The summed E-state index contributed by atoms with van der Waals surface area (Å²) in [6.07, 6.45) is 1.68. The normalized spacial score (nSPS) is 20.3. The maximum Gasteiger partial charge on any atom is 0.407 e. The number of hydrogen-bond acceptors (Lipinski definition) is 9. The van der Waals surface area contributed by atoms with E-state index in [0.717, 1.165) is 0 Å². The van der Waals surface area contributed by atoms with Crippen LogP contribution in [0.15, 0.2) is 41.2 Å². The quantitative estimate of drug-likeness (QED) is 0.309. The molecule has 2 aliphatic rings. The molecule has 0 bridgehead atoms. The van der Waals surface area contributed by atoms with Crippen molar-refractivity contribution in [2.45, 2.75) is 12.3 Å². The molecule has 0 aromatic carbocycles. The van der Waals surface area contributed by atoms with Crippen LogP contribution in [0.4, 0.5) is 4.79 Å². The van der Waals surface area contributed by atoms with E-state index in [9.17, 15) is 32.7 Å². The van der Waals surface area contributed by atoms with Gasteiger partial charge in [-0.25, -0.2) is 18.0 Å². The predicted molar refractivity (Wildman–Crippen MR) is 107 cm³/mol. The molecule has 1 fully saturated rings. The van der Waals surface area contributed by atoms with Gasteiger partial charge in [-0.3, -0.25) is 19.5 Å². The number of sulfone groups is 1. The number of carbonyl (C=O) groups excluding carboxylic acids is 3. The highest BCUT2D eigenvalue weighted by Crippen LogP contribution is 2.40. The molecule has 2 aliphatic heterocycles.